The van der Waals surface area contributed by atoms with Gasteiger partial charge in [-0.25, -0.2) is 0 Å². The van der Waals surface area contributed by atoms with Gasteiger partial charge in [-0.05, 0) is 31.6 Å². The van der Waals surface area contributed by atoms with E-state index >= 15 is 0 Å². The van der Waals surface area contributed by atoms with Crippen LogP contribution in [0.4, 0.5) is 0 Å². The van der Waals surface area contributed by atoms with Crippen LogP contribution in [0, 0.1) is 11.8 Å². The SMILES string of the molecule is CN(C)C(=NCC1CCC(C(N)=O)CC1)N(C)C. The molecule has 1 saturated carbocycles. The number of hydrogen-bond acceptors (Lipinski definition) is 2. The van der Waals surface area contributed by atoms with Gasteiger partial charge in [-0.2, -0.15) is 0 Å². The molecular formula is C13H26N4O. The molecule has 0 radical (unpaired) electrons. The van der Waals surface area contributed by atoms with Crippen LogP contribution in [-0.2, 0) is 4.79 Å². The van der Waals surface area contributed by atoms with Crippen LogP contribution in [0.1, 0.15) is 25.7 Å². The lowest BCUT2D eigenvalue weighted by atomic mass is 9.82. The van der Waals surface area contributed by atoms with E-state index in [1.807, 2.05) is 38.0 Å². The first-order valence-electron chi connectivity index (χ1n) is 6.60. The molecule has 0 saturated heterocycles. The van der Waals surface area contributed by atoms with E-state index < -0.39 is 0 Å². The number of rotatable bonds is 3. The monoisotopic (exact) mass is 254 g/mol. The summed E-state index contributed by atoms with van der Waals surface area (Å²) in [6.07, 6.45) is 3.97. The van der Waals surface area contributed by atoms with E-state index in [0.29, 0.717) is 5.92 Å². The summed E-state index contributed by atoms with van der Waals surface area (Å²) in [7, 11) is 8.01. The highest BCUT2D eigenvalue weighted by Crippen LogP contribution is 2.28. The molecule has 0 aromatic carbocycles. The molecule has 1 aliphatic rings. The van der Waals surface area contributed by atoms with Crippen molar-refractivity contribution in [3.8, 4) is 0 Å². The van der Waals surface area contributed by atoms with Gasteiger partial charge in [0.05, 0.1) is 0 Å². The van der Waals surface area contributed by atoms with Crippen LogP contribution in [-0.4, -0.2) is 56.4 Å². The van der Waals surface area contributed by atoms with Crippen LogP contribution in [0.5, 0.6) is 0 Å². The second-order valence-corrected chi connectivity index (χ2v) is 5.55. The Hall–Kier alpha value is -1.26. The zero-order chi connectivity index (χ0) is 13.7. The number of aliphatic imine (C=N–C) groups is 1. The first-order chi connectivity index (χ1) is 8.41. The lowest BCUT2D eigenvalue weighted by Gasteiger charge is -2.27. The predicted molar refractivity (Wildman–Crippen MR) is 74.3 cm³/mol. The number of carbonyl (C=O) groups excluding carboxylic acids is 1. The molecule has 0 spiro atoms. The van der Waals surface area contributed by atoms with Gasteiger partial charge in [0.1, 0.15) is 0 Å². The highest BCUT2D eigenvalue weighted by atomic mass is 16.1. The standard InChI is InChI=1S/C13H26N4O/c1-16(2)13(17(3)4)15-9-10-5-7-11(8-6-10)12(14)18/h10-11H,5-9H2,1-4H3,(H2,14,18). The van der Waals surface area contributed by atoms with Crippen molar-refractivity contribution in [3.63, 3.8) is 0 Å². The van der Waals surface area contributed by atoms with Crippen molar-refractivity contribution in [1.82, 2.24) is 9.80 Å². The molecule has 1 aliphatic carbocycles. The second kappa shape index (κ2) is 6.61. The summed E-state index contributed by atoms with van der Waals surface area (Å²) in [4.78, 5) is 19.8. The van der Waals surface area contributed by atoms with Gasteiger partial charge in [-0.1, -0.05) is 0 Å². The third kappa shape index (κ3) is 4.20. The lowest BCUT2D eigenvalue weighted by molar-refractivity contribution is -0.122. The van der Waals surface area contributed by atoms with Crippen LogP contribution in [0.15, 0.2) is 4.99 Å². The maximum Gasteiger partial charge on any atom is 0.220 e. The van der Waals surface area contributed by atoms with E-state index in [1.54, 1.807) is 0 Å². The molecule has 5 heteroatoms. The van der Waals surface area contributed by atoms with Gasteiger partial charge in [0, 0.05) is 40.7 Å². The summed E-state index contributed by atoms with van der Waals surface area (Å²) in [6.45, 7) is 0.844. The lowest BCUT2D eigenvalue weighted by Crippen LogP contribution is -2.36. The fraction of sp³-hybridized carbons (Fsp3) is 0.846. The molecule has 5 nitrogen and oxygen atoms in total. The smallest absolute Gasteiger partial charge is 0.220 e. The average molecular weight is 254 g/mol. The third-order valence-electron chi connectivity index (χ3n) is 3.54. The quantitative estimate of drug-likeness (QED) is 0.597. The number of nitrogens with zero attached hydrogens (tertiary/aromatic N) is 3. The molecule has 1 rings (SSSR count). The van der Waals surface area contributed by atoms with Crippen molar-refractivity contribution in [2.75, 3.05) is 34.7 Å². The number of carbonyl (C=O) groups is 1. The minimum absolute atomic E-state index is 0.0902. The molecular weight excluding hydrogens is 228 g/mol. The van der Waals surface area contributed by atoms with Gasteiger partial charge < -0.3 is 15.5 Å². The Morgan fingerprint density at radius 2 is 1.61 bits per heavy atom. The van der Waals surface area contributed by atoms with Gasteiger partial charge in [0.15, 0.2) is 5.96 Å². The van der Waals surface area contributed by atoms with Gasteiger partial charge >= 0.3 is 0 Å². The topological polar surface area (TPSA) is 61.9 Å². The Labute approximate surface area is 110 Å². The first kappa shape index (κ1) is 14.8. The van der Waals surface area contributed by atoms with Crippen LogP contribution in [0.25, 0.3) is 0 Å². The molecule has 1 amide bonds. The van der Waals surface area contributed by atoms with Gasteiger partial charge in [0.2, 0.25) is 5.91 Å². The molecule has 0 aromatic rings. The Morgan fingerprint density at radius 1 is 1.11 bits per heavy atom. The minimum atomic E-state index is -0.140. The minimum Gasteiger partial charge on any atom is -0.369 e. The normalized spacial score (nSPS) is 23.3. The Morgan fingerprint density at radius 3 is 2.00 bits per heavy atom. The van der Waals surface area contributed by atoms with Gasteiger partial charge in [-0.15, -0.1) is 0 Å². The maximum atomic E-state index is 11.1. The number of nitrogens with two attached hydrogens (primary N) is 1. The van der Waals surface area contributed by atoms with Crippen molar-refractivity contribution in [2.45, 2.75) is 25.7 Å². The highest BCUT2D eigenvalue weighted by molar-refractivity contribution is 5.79. The molecule has 104 valence electrons. The van der Waals surface area contributed by atoms with Crippen LogP contribution >= 0.6 is 0 Å². The van der Waals surface area contributed by atoms with Crippen molar-refractivity contribution >= 4 is 11.9 Å². The van der Waals surface area contributed by atoms with Crippen LogP contribution < -0.4 is 5.73 Å². The summed E-state index contributed by atoms with van der Waals surface area (Å²) >= 11 is 0. The van der Waals surface area contributed by atoms with Gasteiger partial charge in [0.25, 0.3) is 0 Å². The summed E-state index contributed by atoms with van der Waals surface area (Å²) in [5, 5.41) is 0. The summed E-state index contributed by atoms with van der Waals surface area (Å²) in [5.41, 5.74) is 5.33. The molecule has 0 heterocycles. The van der Waals surface area contributed by atoms with Crippen LogP contribution in [0.2, 0.25) is 0 Å². The Balaban J connectivity index is 2.45. The molecule has 0 aliphatic heterocycles. The highest BCUT2D eigenvalue weighted by Gasteiger charge is 2.24. The van der Waals surface area contributed by atoms with Crippen molar-refractivity contribution in [1.29, 1.82) is 0 Å². The van der Waals surface area contributed by atoms with Crippen molar-refractivity contribution in [3.05, 3.63) is 0 Å². The molecule has 0 unspecified atom stereocenters. The number of guanidine groups is 1. The fourth-order valence-corrected chi connectivity index (χ4v) is 2.52. The van der Waals surface area contributed by atoms with E-state index in [2.05, 4.69) is 4.99 Å². The molecule has 1 fully saturated rings. The van der Waals surface area contributed by atoms with E-state index in [9.17, 15) is 4.79 Å². The van der Waals surface area contributed by atoms with E-state index in [-0.39, 0.29) is 11.8 Å². The number of hydrogen-bond donors (Lipinski definition) is 1. The Kier molecular flexibility index (Phi) is 5.44. The Bertz CT molecular complexity index is 294. The van der Waals surface area contributed by atoms with E-state index in [0.717, 1.165) is 38.2 Å². The van der Waals surface area contributed by atoms with E-state index in [4.69, 9.17) is 5.73 Å². The van der Waals surface area contributed by atoms with E-state index in [1.165, 1.54) is 0 Å². The summed E-state index contributed by atoms with van der Waals surface area (Å²) in [5.74, 6) is 1.54. The maximum absolute atomic E-state index is 11.1. The summed E-state index contributed by atoms with van der Waals surface area (Å²) in [6, 6.07) is 0. The van der Waals surface area contributed by atoms with Crippen molar-refractivity contribution in [2.24, 2.45) is 22.6 Å². The number of primary amides is 1. The molecule has 0 aromatic heterocycles. The largest absolute Gasteiger partial charge is 0.369 e. The molecule has 0 atom stereocenters. The number of amides is 1. The average Bonchev–Trinajstić information content (AvgIpc) is 2.28. The zero-order valence-electron chi connectivity index (χ0n) is 12.0. The second-order valence-electron chi connectivity index (χ2n) is 5.55. The zero-order valence-corrected chi connectivity index (χ0v) is 12.0. The molecule has 0 bridgehead atoms. The first-order valence-corrected chi connectivity index (χ1v) is 6.60. The summed E-state index contributed by atoms with van der Waals surface area (Å²) < 4.78 is 0. The molecule has 18 heavy (non-hydrogen) atoms. The van der Waals surface area contributed by atoms with Crippen molar-refractivity contribution < 1.29 is 4.79 Å². The predicted octanol–water partition coefficient (Wildman–Crippen LogP) is 0.757. The van der Waals surface area contributed by atoms with Crippen LogP contribution in [0.3, 0.4) is 0 Å². The van der Waals surface area contributed by atoms with Gasteiger partial charge in [-0.3, -0.25) is 9.79 Å². The fourth-order valence-electron chi connectivity index (χ4n) is 2.52. The third-order valence-corrected chi connectivity index (χ3v) is 3.54. The molecule has 2 N–H and O–H groups in total.